The SMILES string of the molecule is C=CCN(C)CCC[Si](OC)(OC)OC. The van der Waals surface area contributed by atoms with Crippen molar-refractivity contribution in [3.8, 4) is 0 Å². The van der Waals surface area contributed by atoms with Gasteiger partial charge in [0.2, 0.25) is 0 Å². The van der Waals surface area contributed by atoms with Crippen molar-refractivity contribution in [1.29, 1.82) is 0 Å². The van der Waals surface area contributed by atoms with Crippen molar-refractivity contribution in [3.63, 3.8) is 0 Å². The third kappa shape index (κ3) is 5.43. The van der Waals surface area contributed by atoms with Gasteiger partial charge in [-0.3, -0.25) is 0 Å². The second-order valence-corrected chi connectivity index (χ2v) is 6.54. The molecule has 0 aliphatic carbocycles. The first-order valence-corrected chi connectivity index (χ1v) is 7.02. The lowest BCUT2D eigenvalue weighted by Crippen LogP contribution is -2.43. The quantitative estimate of drug-likeness (QED) is 0.444. The standard InChI is InChI=1S/C10H23NO3Si/c1-6-8-11(2)9-7-10-15(12-3,13-4)14-5/h6H,1,7-10H2,2-5H3. The largest absolute Gasteiger partial charge is 0.500 e. The molecule has 0 amide bonds. The predicted octanol–water partition coefficient (Wildman–Crippen LogP) is 1.37. The van der Waals surface area contributed by atoms with E-state index >= 15 is 0 Å². The van der Waals surface area contributed by atoms with E-state index in [0.717, 1.165) is 25.6 Å². The third-order valence-electron chi connectivity index (χ3n) is 2.40. The Labute approximate surface area is 94.2 Å². The molecule has 0 aromatic heterocycles. The average Bonchev–Trinajstić information content (AvgIpc) is 2.25. The third-order valence-corrected chi connectivity index (χ3v) is 5.23. The molecule has 5 heteroatoms. The van der Waals surface area contributed by atoms with Gasteiger partial charge in [-0.1, -0.05) is 6.08 Å². The van der Waals surface area contributed by atoms with E-state index in [1.54, 1.807) is 21.3 Å². The minimum atomic E-state index is -2.36. The van der Waals surface area contributed by atoms with Gasteiger partial charge in [-0.2, -0.15) is 0 Å². The molecule has 0 saturated heterocycles. The maximum Gasteiger partial charge on any atom is 0.500 e. The van der Waals surface area contributed by atoms with E-state index in [1.165, 1.54) is 0 Å². The summed E-state index contributed by atoms with van der Waals surface area (Å²) >= 11 is 0. The normalized spacial score (nSPS) is 12.1. The van der Waals surface area contributed by atoms with Crippen LogP contribution in [0.2, 0.25) is 6.04 Å². The summed E-state index contributed by atoms with van der Waals surface area (Å²) in [4.78, 5) is 2.20. The summed E-state index contributed by atoms with van der Waals surface area (Å²) in [5.74, 6) is 0. The molecule has 90 valence electrons. The molecule has 0 unspecified atom stereocenters. The molecule has 0 bridgehead atoms. The molecule has 0 spiro atoms. The van der Waals surface area contributed by atoms with E-state index in [2.05, 4.69) is 18.5 Å². The van der Waals surface area contributed by atoms with Gasteiger partial charge in [0.05, 0.1) is 0 Å². The van der Waals surface area contributed by atoms with E-state index in [-0.39, 0.29) is 0 Å². The number of nitrogens with zero attached hydrogens (tertiary/aromatic N) is 1. The summed E-state index contributed by atoms with van der Waals surface area (Å²) < 4.78 is 16.0. The second kappa shape index (κ2) is 8.01. The highest BCUT2D eigenvalue weighted by Crippen LogP contribution is 2.14. The lowest BCUT2D eigenvalue weighted by molar-refractivity contribution is 0.122. The lowest BCUT2D eigenvalue weighted by Gasteiger charge is -2.25. The van der Waals surface area contributed by atoms with Crippen LogP contribution < -0.4 is 0 Å². The maximum atomic E-state index is 5.33. The van der Waals surface area contributed by atoms with E-state index < -0.39 is 8.80 Å². The van der Waals surface area contributed by atoms with Gasteiger partial charge in [0.1, 0.15) is 0 Å². The summed E-state index contributed by atoms with van der Waals surface area (Å²) in [6.07, 6.45) is 2.90. The molecule has 0 aromatic carbocycles. The van der Waals surface area contributed by atoms with Crippen LogP contribution in [0.3, 0.4) is 0 Å². The highest BCUT2D eigenvalue weighted by molar-refractivity contribution is 6.60. The molecule has 0 radical (unpaired) electrons. The van der Waals surface area contributed by atoms with Crippen molar-refractivity contribution in [2.24, 2.45) is 0 Å². The molecule has 0 aliphatic heterocycles. The van der Waals surface area contributed by atoms with Gasteiger partial charge >= 0.3 is 8.80 Å². The van der Waals surface area contributed by atoms with Crippen molar-refractivity contribution >= 4 is 8.80 Å². The van der Waals surface area contributed by atoms with Crippen LogP contribution in [0.4, 0.5) is 0 Å². The molecule has 15 heavy (non-hydrogen) atoms. The van der Waals surface area contributed by atoms with Crippen molar-refractivity contribution in [2.75, 3.05) is 41.5 Å². The Morgan fingerprint density at radius 1 is 1.20 bits per heavy atom. The average molecular weight is 233 g/mol. The summed E-state index contributed by atoms with van der Waals surface area (Å²) in [6.45, 7) is 5.60. The van der Waals surface area contributed by atoms with E-state index in [1.807, 2.05) is 6.08 Å². The Kier molecular flexibility index (Phi) is 7.90. The first kappa shape index (κ1) is 14.8. The molecular weight excluding hydrogens is 210 g/mol. The Bertz CT molecular complexity index is 166. The van der Waals surface area contributed by atoms with Gasteiger partial charge in [0, 0.05) is 33.9 Å². The lowest BCUT2D eigenvalue weighted by atomic mass is 10.4. The van der Waals surface area contributed by atoms with Crippen LogP contribution in [0, 0.1) is 0 Å². The molecule has 0 fully saturated rings. The fraction of sp³-hybridized carbons (Fsp3) is 0.800. The van der Waals surface area contributed by atoms with Gasteiger partial charge in [0.25, 0.3) is 0 Å². The Hall–Kier alpha value is -0.203. The summed E-state index contributed by atoms with van der Waals surface area (Å²) in [7, 11) is 4.64. The Balaban J connectivity index is 3.85. The Morgan fingerprint density at radius 3 is 2.13 bits per heavy atom. The molecule has 0 atom stereocenters. The van der Waals surface area contributed by atoms with Crippen LogP contribution in [0.5, 0.6) is 0 Å². The van der Waals surface area contributed by atoms with Crippen LogP contribution in [-0.2, 0) is 13.3 Å². The summed E-state index contributed by atoms with van der Waals surface area (Å²) in [5.41, 5.74) is 0. The van der Waals surface area contributed by atoms with Crippen molar-refractivity contribution < 1.29 is 13.3 Å². The van der Waals surface area contributed by atoms with E-state index in [0.29, 0.717) is 0 Å². The molecule has 0 rings (SSSR count). The predicted molar refractivity (Wildman–Crippen MR) is 63.9 cm³/mol. The number of likely N-dealkylation sites (N-methyl/N-ethyl adjacent to an activating group) is 1. The van der Waals surface area contributed by atoms with Crippen LogP contribution >= 0.6 is 0 Å². The highest BCUT2D eigenvalue weighted by atomic mass is 28.4. The highest BCUT2D eigenvalue weighted by Gasteiger charge is 2.36. The second-order valence-electron chi connectivity index (χ2n) is 3.45. The summed E-state index contributed by atoms with van der Waals surface area (Å²) in [5, 5.41) is 0. The smallest absolute Gasteiger partial charge is 0.377 e. The van der Waals surface area contributed by atoms with Gasteiger partial charge in [-0.25, -0.2) is 0 Å². The zero-order valence-corrected chi connectivity index (χ0v) is 11.3. The van der Waals surface area contributed by atoms with Gasteiger partial charge < -0.3 is 18.2 Å². The fourth-order valence-corrected chi connectivity index (χ4v) is 3.14. The summed E-state index contributed by atoms with van der Waals surface area (Å²) in [6, 6.07) is 0.845. The van der Waals surface area contributed by atoms with Gasteiger partial charge in [0.15, 0.2) is 0 Å². The zero-order valence-electron chi connectivity index (χ0n) is 10.3. The van der Waals surface area contributed by atoms with Gasteiger partial charge in [-0.15, -0.1) is 6.58 Å². The first-order valence-electron chi connectivity index (χ1n) is 5.09. The molecular formula is C10H23NO3Si. The monoisotopic (exact) mass is 233 g/mol. The number of hydrogen-bond acceptors (Lipinski definition) is 4. The minimum Gasteiger partial charge on any atom is -0.377 e. The van der Waals surface area contributed by atoms with Crippen LogP contribution in [0.1, 0.15) is 6.42 Å². The van der Waals surface area contributed by atoms with Crippen LogP contribution in [-0.4, -0.2) is 55.2 Å². The van der Waals surface area contributed by atoms with Crippen molar-refractivity contribution in [2.45, 2.75) is 12.5 Å². The molecule has 0 aliphatic rings. The molecule has 0 saturated carbocycles. The van der Waals surface area contributed by atoms with Crippen molar-refractivity contribution in [3.05, 3.63) is 12.7 Å². The van der Waals surface area contributed by atoms with E-state index in [4.69, 9.17) is 13.3 Å². The maximum absolute atomic E-state index is 5.33. The van der Waals surface area contributed by atoms with Crippen LogP contribution in [0.15, 0.2) is 12.7 Å². The topological polar surface area (TPSA) is 30.9 Å². The first-order chi connectivity index (χ1) is 7.14. The Morgan fingerprint density at radius 2 is 1.73 bits per heavy atom. The molecule has 0 aromatic rings. The van der Waals surface area contributed by atoms with Gasteiger partial charge in [-0.05, 0) is 20.0 Å². The molecule has 0 N–H and O–H groups in total. The van der Waals surface area contributed by atoms with Crippen molar-refractivity contribution in [1.82, 2.24) is 4.90 Å². The number of hydrogen-bond donors (Lipinski definition) is 0. The zero-order chi connectivity index (χ0) is 11.7. The fourth-order valence-electron chi connectivity index (χ4n) is 1.43. The number of rotatable bonds is 9. The van der Waals surface area contributed by atoms with Crippen LogP contribution in [0.25, 0.3) is 0 Å². The minimum absolute atomic E-state index is 0.845. The van der Waals surface area contributed by atoms with E-state index in [9.17, 15) is 0 Å². The molecule has 4 nitrogen and oxygen atoms in total. The molecule has 0 heterocycles.